The number of hydrogen-bond donors (Lipinski definition) is 0. The lowest BCUT2D eigenvalue weighted by Gasteiger charge is -2.33. The monoisotopic (exact) mass is 299 g/mol. The van der Waals surface area contributed by atoms with Gasteiger partial charge in [0.05, 0.1) is 4.88 Å². The van der Waals surface area contributed by atoms with Gasteiger partial charge in [-0.2, -0.15) is 0 Å². The maximum absolute atomic E-state index is 12.9. The topological polar surface area (TPSA) is 20.3 Å². The minimum atomic E-state index is 0.202. The van der Waals surface area contributed by atoms with E-state index in [2.05, 4.69) is 44.2 Å². The number of hydrogen-bond acceptors (Lipinski definition) is 2. The molecule has 1 atom stereocenters. The summed E-state index contributed by atoms with van der Waals surface area (Å²) in [5, 5.41) is 2.02. The molecule has 1 saturated heterocycles. The molecule has 0 N–H and O–H groups in total. The van der Waals surface area contributed by atoms with E-state index >= 15 is 0 Å². The van der Waals surface area contributed by atoms with Crippen molar-refractivity contribution in [1.29, 1.82) is 0 Å². The Kier molecular flexibility index (Phi) is 4.11. The van der Waals surface area contributed by atoms with Crippen LogP contribution in [0.15, 0.2) is 35.7 Å². The molecule has 0 radical (unpaired) electrons. The van der Waals surface area contributed by atoms with Crippen molar-refractivity contribution in [2.75, 3.05) is 6.54 Å². The lowest BCUT2D eigenvalue weighted by molar-refractivity contribution is 0.0641. The van der Waals surface area contributed by atoms with Crippen LogP contribution in [0.2, 0.25) is 0 Å². The van der Waals surface area contributed by atoms with Gasteiger partial charge in [-0.05, 0) is 50.1 Å². The maximum Gasteiger partial charge on any atom is 0.264 e. The van der Waals surface area contributed by atoms with E-state index in [9.17, 15) is 4.79 Å². The fraction of sp³-hybridized carbons (Fsp3) is 0.389. The highest BCUT2D eigenvalue weighted by atomic mass is 32.1. The molecular weight excluding hydrogens is 278 g/mol. The van der Waals surface area contributed by atoms with Crippen LogP contribution in [-0.4, -0.2) is 23.4 Å². The molecule has 0 aliphatic carbocycles. The van der Waals surface area contributed by atoms with E-state index in [0.717, 1.165) is 35.4 Å². The van der Waals surface area contributed by atoms with Crippen molar-refractivity contribution in [3.05, 3.63) is 46.2 Å². The zero-order valence-corrected chi connectivity index (χ0v) is 13.5. The smallest absolute Gasteiger partial charge is 0.264 e. The molecule has 21 heavy (non-hydrogen) atoms. The average molecular weight is 299 g/mol. The van der Waals surface area contributed by atoms with Crippen LogP contribution in [0.3, 0.4) is 0 Å². The van der Waals surface area contributed by atoms with E-state index in [1.54, 1.807) is 11.3 Å². The van der Waals surface area contributed by atoms with Gasteiger partial charge >= 0.3 is 0 Å². The van der Waals surface area contributed by atoms with Gasteiger partial charge in [0, 0.05) is 18.2 Å². The van der Waals surface area contributed by atoms with Crippen molar-refractivity contribution >= 4 is 17.2 Å². The summed E-state index contributed by atoms with van der Waals surface area (Å²) in [5.74, 6) is 0.202. The summed E-state index contributed by atoms with van der Waals surface area (Å²) < 4.78 is 0. The molecule has 1 aromatic carbocycles. The highest BCUT2D eigenvalue weighted by Crippen LogP contribution is 2.31. The van der Waals surface area contributed by atoms with Crippen molar-refractivity contribution in [3.8, 4) is 11.1 Å². The predicted molar refractivity (Wildman–Crippen MR) is 88.8 cm³/mol. The summed E-state index contributed by atoms with van der Waals surface area (Å²) in [5.41, 5.74) is 3.45. The molecule has 1 aliphatic rings. The van der Waals surface area contributed by atoms with Crippen molar-refractivity contribution in [2.24, 2.45) is 0 Å². The van der Waals surface area contributed by atoms with Gasteiger partial charge in [-0.15, -0.1) is 11.3 Å². The molecule has 2 heterocycles. The highest BCUT2D eigenvalue weighted by molar-refractivity contribution is 7.12. The van der Waals surface area contributed by atoms with Gasteiger partial charge in [-0.25, -0.2) is 0 Å². The molecule has 3 rings (SSSR count). The fourth-order valence-electron chi connectivity index (χ4n) is 2.97. The summed E-state index contributed by atoms with van der Waals surface area (Å²) >= 11 is 1.56. The number of nitrogens with zero attached hydrogens (tertiary/aromatic N) is 1. The first-order chi connectivity index (χ1) is 10.2. The van der Waals surface area contributed by atoms with Gasteiger partial charge in [0.25, 0.3) is 5.91 Å². The molecule has 1 unspecified atom stereocenters. The minimum Gasteiger partial charge on any atom is -0.335 e. The second kappa shape index (κ2) is 6.02. The second-order valence-electron chi connectivity index (χ2n) is 5.87. The third kappa shape index (κ3) is 2.88. The maximum atomic E-state index is 12.9. The summed E-state index contributed by atoms with van der Waals surface area (Å²) in [6.45, 7) is 5.14. The number of rotatable bonds is 2. The van der Waals surface area contributed by atoms with Gasteiger partial charge in [-0.3, -0.25) is 4.79 Å². The summed E-state index contributed by atoms with van der Waals surface area (Å²) in [4.78, 5) is 15.8. The molecule has 0 spiro atoms. The number of carbonyl (C=O) groups is 1. The van der Waals surface area contributed by atoms with Crippen molar-refractivity contribution < 1.29 is 4.79 Å². The second-order valence-corrected chi connectivity index (χ2v) is 6.79. The van der Waals surface area contributed by atoms with Crippen LogP contribution >= 0.6 is 11.3 Å². The molecule has 1 amide bonds. The molecule has 0 bridgehead atoms. The molecule has 3 heteroatoms. The first kappa shape index (κ1) is 14.3. The van der Waals surface area contributed by atoms with Crippen LogP contribution in [0.4, 0.5) is 0 Å². The van der Waals surface area contributed by atoms with Gasteiger partial charge in [-0.1, -0.05) is 29.8 Å². The number of amides is 1. The van der Waals surface area contributed by atoms with Crippen LogP contribution in [0, 0.1) is 6.92 Å². The van der Waals surface area contributed by atoms with E-state index in [1.807, 2.05) is 10.3 Å². The number of carbonyl (C=O) groups excluding carboxylic acids is 1. The van der Waals surface area contributed by atoms with Crippen molar-refractivity contribution in [1.82, 2.24) is 4.90 Å². The Labute approximate surface area is 130 Å². The summed E-state index contributed by atoms with van der Waals surface area (Å²) in [7, 11) is 0. The summed E-state index contributed by atoms with van der Waals surface area (Å²) in [6, 6.07) is 10.8. The first-order valence-electron chi connectivity index (χ1n) is 7.62. The highest BCUT2D eigenvalue weighted by Gasteiger charge is 2.26. The molecule has 110 valence electrons. The van der Waals surface area contributed by atoms with E-state index in [1.165, 1.54) is 12.0 Å². The lowest BCUT2D eigenvalue weighted by atomic mass is 10.0. The van der Waals surface area contributed by atoms with Crippen LogP contribution in [-0.2, 0) is 0 Å². The van der Waals surface area contributed by atoms with Crippen molar-refractivity contribution in [3.63, 3.8) is 0 Å². The molecular formula is C18H21NOS. The molecule has 2 nitrogen and oxygen atoms in total. The van der Waals surface area contributed by atoms with E-state index in [4.69, 9.17) is 0 Å². The molecule has 2 aromatic rings. The SMILES string of the molecule is Cc1ccc(-c2ccsc2C(=O)N2CCCCC2C)cc1. The van der Waals surface area contributed by atoms with E-state index < -0.39 is 0 Å². The Morgan fingerprint density at radius 1 is 1.19 bits per heavy atom. The Balaban J connectivity index is 1.91. The number of piperidine rings is 1. The fourth-order valence-corrected chi connectivity index (χ4v) is 3.84. The van der Waals surface area contributed by atoms with Crippen molar-refractivity contribution in [2.45, 2.75) is 39.2 Å². The number of benzene rings is 1. The quantitative estimate of drug-likeness (QED) is 0.784. The third-order valence-electron chi connectivity index (χ3n) is 4.29. The van der Waals surface area contributed by atoms with Crippen LogP contribution in [0.1, 0.15) is 41.4 Å². The van der Waals surface area contributed by atoms with Crippen LogP contribution < -0.4 is 0 Å². The number of thiophene rings is 1. The minimum absolute atomic E-state index is 0.202. The zero-order valence-electron chi connectivity index (χ0n) is 12.6. The van der Waals surface area contributed by atoms with Gasteiger partial charge in [0.15, 0.2) is 0 Å². The summed E-state index contributed by atoms with van der Waals surface area (Å²) in [6.07, 6.45) is 3.48. The average Bonchev–Trinajstić information content (AvgIpc) is 2.97. The standard InChI is InChI=1S/C18H21NOS/c1-13-6-8-15(9-7-13)16-10-12-21-17(16)18(20)19-11-4-3-5-14(19)2/h6-10,12,14H,3-5,11H2,1-2H3. The Morgan fingerprint density at radius 2 is 1.95 bits per heavy atom. The Hall–Kier alpha value is -1.61. The largest absolute Gasteiger partial charge is 0.335 e. The van der Waals surface area contributed by atoms with Gasteiger partial charge in [0.2, 0.25) is 0 Å². The van der Waals surface area contributed by atoms with Crippen LogP contribution in [0.25, 0.3) is 11.1 Å². The van der Waals surface area contributed by atoms with Crippen LogP contribution in [0.5, 0.6) is 0 Å². The number of aryl methyl sites for hydroxylation is 1. The molecule has 1 aromatic heterocycles. The number of likely N-dealkylation sites (tertiary alicyclic amines) is 1. The molecule has 1 aliphatic heterocycles. The Morgan fingerprint density at radius 3 is 2.67 bits per heavy atom. The normalized spacial score (nSPS) is 18.8. The third-order valence-corrected chi connectivity index (χ3v) is 5.19. The molecule has 0 saturated carbocycles. The van der Waals surface area contributed by atoms with E-state index in [0.29, 0.717) is 6.04 Å². The van der Waals surface area contributed by atoms with Gasteiger partial charge < -0.3 is 4.90 Å². The predicted octanol–water partition coefficient (Wildman–Crippen LogP) is 4.74. The van der Waals surface area contributed by atoms with E-state index in [-0.39, 0.29) is 5.91 Å². The van der Waals surface area contributed by atoms with Gasteiger partial charge in [0.1, 0.15) is 0 Å². The lowest BCUT2D eigenvalue weighted by Crippen LogP contribution is -2.41. The zero-order chi connectivity index (χ0) is 14.8. The Bertz CT molecular complexity index is 629. The first-order valence-corrected chi connectivity index (χ1v) is 8.50. The molecule has 1 fully saturated rings.